The third kappa shape index (κ3) is 5.03. The van der Waals surface area contributed by atoms with Gasteiger partial charge in [0.05, 0.1) is 28.4 Å². The molecule has 0 spiro atoms. The highest BCUT2D eigenvalue weighted by Crippen LogP contribution is 2.40. The fourth-order valence-electron chi connectivity index (χ4n) is 2.56. The lowest BCUT2D eigenvalue weighted by Gasteiger charge is -2.18. The molecule has 23 heavy (non-hydrogen) atoms. The number of aryl methyl sites for hydroxylation is 1. The quantitative estimate of drug-likeness (QED) is 0.701. The minimum absolute atomic E-state index is 0.280. The van der Waals surface area contributed by atoms with Crippen LogP contribution in [-0.4, -0.2) is 40.5 Å². The summed E-state index contributed by atoms with van der Waals surface area (Å²) in [7, 11) is 6.13. The highest BCUT2D eigenvalue weighted by molar-refractivity contribution is 5.75. The Morgan fingerprint density at radius 3 is 2.26 bits per heavy atom. The Morgan fingerprint density at radius 1 is 1.09 bits per heavy atom. The Kier molecular flexibility index (Phi) is 7.68. The third-order valence-electron chi connectivity index (χ3n) is 3.85. The van der Waals surface area contributed by atoms with Crippen LogP contribution in [0.5, 0.6) is 17.2 Å². The van der Waals surface area contributed by atoms with Crippen molar-refractivity contribution in [3.8, 4) is 17.2 Å². The van der Waals surface area contributed by atoms with Gasteiger partial charge >= 0.3 is 5.97 Å². The Hall–Kier alpha value is -1.95. The Morgan fingerprint density at radius 2 is 1.74 bits per heavy atom. The molecular weight excluding hydrogens is 298 g/mol. The summed E-state index contributed by atoms with van der Waals surface area (Å²) in [4.78, 5) is 11.4. The van der Waals surface area contributed by atoms with E-state index in [1.165, 1.54) is 7.11 Å². The van der Waals surface area contributed by atoms with Gasteiger partial charge in [-0.15, -0.1) is 0 Å². The summed E-state index contributed by atoms with van der Waals surface area (Å²) >= 11 is 0. The normalized spacial score (nSPS) is 13.1. The van der Waals surface area contributed by atoms with Gasteiger partial charge in [-0.05, 0) is 36.8 Å². The van der Waals surface area contributed by atoms with Crippen LogP contribution in [0.25, 0.3) is 0 Å². The molecule has 0 aliphatic rings. The lowest BCUT2D eigenvalue weighted by Crippen LogP contribution is -2.33. The zero-order valence-electron chi connectivity index (χ0n) is 14.5. The molecule has 0 saturated carbocycles. The van der Waals surface area contributed by atoms with E-state index in [9.17, 15) is 4.79 Å². The van der Waals surface area contributed by atoms with Gasteiger partial charge in [0.1, 0.15) is 6.04 Å². The Balaban J connectivity index is 2.76. The summed E-state index contributed by atoms with van der Waals surface area (Å²) in [6, 6.07) is 3.25. The number of hydrogen-bond acceptors (Lipinski definition) is 6. The zero-order chi connectivity index (χ0) is 17.4. The van der Waals surface area contributed by atoms with Crippen LogP contribution in [-0.2, 0) is 16.0 Å². The first-order valence-electron chi connectivity index (χ1n) is 7.59. The van der Waals surface area contributed by atoms with Gasteiger partial charge in [-0.1, -0.05) is 13.0 Å². The topological polar surface area (TPSA) is 80.0 Å². The first-order valence-corrected chi connectivity index (χ1v) is 7.59. The molecule has 0 aliphatic heterocycles. The lowest BCUT2D eigenvalue weighted by atomic mass is 9.94. The van der Waals surface area contributed by atoms with E-state index in [1.807, 2.05) is 12.1 Å². The first kappa shape index (κ1) is 19.1. The second kappa shape index (κ2) is 9.25. The molecule has 130 valence electrons. The average molecular weight is 325 g/mol. The van der Waals surface area contributed by atoms with Crippen molar-refractivity contribution in [1.29, 1.82) is 0 Å². The van der Waals surface area contributed by atoms with Crippen molar-refractivity contribution in [3.05, 3.63) is 17.7 Å². The maximum Gasteiger partial charge on any atom is 0.322 e. The van der Waals surface area contributed by atoms with E-state index in [0.717, 1.165) is 18.4 Å². The summed E-state index contributed by atoms with van der Waals surface area (Å²) in [6.45, 7) is 2.07. The summed E-state index contributed by atoms with van der Waals surface area (Å²) in [6.07, 6.45) is 2.25. The number of benzene rings is 1. The minimum atomic E-state index is -0.581. The van der Waals surface area contributed by atoms with Gasteiger partial charge in [0, 0.05) is 0 Å². The van der Waals surface area contributed by atoms with Gasteiger partial charge in [0.2, 0.25) is 5.75 Å². The molecule has 1 rings (SSSR count). The molecule has 6 nitrogen and oxygen atoms in total. The molecule has 2 unspecified atom stereocenters. The monoisotopic (exact) mass is 325 g/mol. The Labute approximate surface area is 137 Å². The number of rotatable bonds is 9. The van der Waals surface area contributed by atoms with Crippen LogP contribution in [0.3, 0.4) is 0 Å². The standard InChI is InChI=1S/C17H27NO5/c1-11(10-13(18)17(19)23-5)6-7-12-8-9-14(20-2)16(22-4)15(12)21-3/h8-9,11,13H,6-7,10,18H2,1-5H3. The molecule has 1 aromatic carbocycles. The van der Waals surface area contributed by atoms with Crippen LogP contribution in [0.4, 0.5) is 0 Å². The van der Waals surface area contributed by atoms with Crippen molar-refractivity contribution in [2.45, 2.75) is 32.2 Å². The molecule has 0 fully saturated rings. The van der Waals surface area contributed by atoms with Crippen LogP contribution in [0.1, 0.15) is 25.3 Å². The molecule has 0 saturated heterocycles. The molecular formula is C17H27NO5. The predicted octanol–water partition coefficient (Wildman–Crippen LogP) is 2.17. The predicted molar refractivity (Wildman–Crippen MR) is 88.2 cm³/mol. The molecule has 0 aliphatic carbocycles. The molecule has 1 aromatic rings. The highest BCUT2D eigenvalue weighted by atomic mass is 16.5. The number of carbonyl (C=O) groups excluding carboxylic acids is 1. The van der Waals surface area contributed by atoms with Crippen molar-refractivity contribution in [2.24, 2.45) is 11.7 Å². The van der Waals surface area contributed by atoms with Crippen molar-refractivity contribution in [2.75, 3.05) is 28.4 Å². The van der Waals surface area contributed by atoms with Crippen molar-refractivity contribution >= 4 is 5.97 Å². The smallest absolute Gasteiger partial charge is 0.322 e. The van der Waals surface area contributed by atoms with Gasteiger partial charge in [0.15, 0.2) is 11.5 Å². The van der Waals surface area contributed by atoms with E-state index < -0.39 is 6.04 Å². The van der Waals surface area contributed by atoms with E-state index in [2.05, 4.69) is 11.7 Å². The van der Waals surface area contributed by atoms with E-state index in [1.54, 1.807) is 21.3 Å². The largest absolute Gasteiger partial charge is 0.493 e. The summed E-state index contributed by atoms with van der Waals surface area (Å²) in [5.74, 6) is 1.80. The van der Waals surface area contributed by atoms with Crippen molar-refractivity contribution < 1.29 is 23.7 Å². The molecule has 0 amide bonds. The maximum atomic E-state index is 11.4. The SMILES string of the molecule is COC(=O)C(N)CC(C)CCc1ccc(OC)c(OC)c1OC. The summed E-state index contributed by atoms with van der Waals surface area (Å²) in [5, 5.41) is 0. The van der Waals surface area contributed by atoms with Gasteiger partial charge in [-0.2, -0.15) is 0 Å². The average Bonchev–Trinajstić information content (AvgIpc) is 2.57. The fraction of sp³-hybridized carbons (Fsp3) is 0.588. The zero-order valence-corrected chi connectivity index (χ0v) is 14.5. The van der Waals surface area contributed by atoms with E-state index >= 15 is 0 Å². The van der Waals surface area contributed by atoms with E-state index in [0.29, 0.717) is 23.7 Å². The summed E-state index contributed by atoms with van der Waals surface area (Å²) in [5.41, 5.74) is 6.83. The molecule has 0 bridgehead atoms. The fourth-order valence-corrected chi connectivity index (χ4v) is 2.56. The Bertz CT molecular complexity index is 518. The number of methoxy groups -OCH3 is 4. The molecule has 2 atom stereocenters. The summed E-state index contributed by atoms with van der Waals surface area (Å²) < 4.78 is 20.8. The maximum absolute atomic E-state index is 11.4. The molecule has 6 heteroatoms. The van der Waals surface area contributed by atoms with Gasteiger partial charge < -0.3 is 24.7 Å². The number of esters is 1. The lowest BCUT2D eigenvalue weighted by molar-refractivity contribution is -0.142. The van der Waals surface area contributed by atoms with E-state index in [4.69, 9.17) is 19.9 Å². The molecule has 2 N–H and O–H groups in total. The van der Waals surface area contributed by atoms with Crippen LogP contribution in [0, 0.1) is 5.92 Å². The number of carbonyl (C=O) groups is 1. The third-order valence-corrected chi connectivity index (χ3v) is 3.85. The number of hydrogen-bond donors (Lipinski definition) is 1. The minimum Gasteiger partial charge on any atom is -0.493 e. The van der Waals surface area contributed by atoms with Crippen molar-refractivity contribution in [1.82, 2.24) is 0 Å². The molecule has 0 aromatic heterocycles. The second-order valence-corrected chi connectivity index (χ2v) is 5.50. The molecule has 0 heterocycles. The van der Waals surface area contributed by atoms with Crippen LogP contribution in [0.15, 0.2) is 12.1 Å². The number of ether oxygens (including phenoxy) is 4. The van der Waals surface area contributed by atoms with Gasteiger partial charge in [0.25, 0.3) is 0 Å². The van der Waals surface area contributed by atoms with Crippen LogP contribution >= 0.6 is 0 Å². The highest BCUT2D eigenvalue weighted by Gasteiger charge is 2.19. The first-order chi connectivity index (χ1) is 11.0. The van der Waals surface area contributed by atoms with Gasteiger partial charge in [-0.25, -0.2) is 0 Å². The van der Waals surface area contributed by atoms with Crippen LogP contribution < -0.4 is 19.9 Å². The van der Waals surface area contributed by atoms with Crippen LogP contribution in [0.2, 0.25) is 0 Å². The van der Waals surface area contributed by atoms with Crippen molar-refractivity contribution in [3.63, 3.8) is 0 Å². The molecule has 0 radical (unpaired) electrons. The van der Waals surface area contributed by atoms with Gasteiger partial charge in [-0.3, -0.25) is 4.79 Å². The second-order valence-electron chi connectivity index (χ2n) is 5.50. The number of nitrogens with two attached hydrogens (primary N) is 1. The van der Waals surface area contributed by atoms with E-state index in [-0.39, 0.29) is 11.9 Å².